The van der Waals surface area contributed by atoms with Crippen molar-refractivity contribution in [2.75, 3.05) is 32.7 Å². The molecule has 0 fully saturated rings. The van der Waals surface area contributed by atoms with E-state index in [-0.39, 0.29) is 13.1 Å². The largest absolute Gasteiger partial charge is 0.480 e. The summed E-state index contributed by atoms with van der Waals surface area (Å²) >= 11 is 0. The maximum absolute atomic E-state index is 10.9. The summed E-state index contributed by atoms with van der Waals surface area (Å²) < 4.78 is -0.765. The summed E-state index contributed by atoms with van der Waals surface area (Å²) in [6, 6.07) is 0. The van der Waals surface area contributed by atoms with Crippen molar-refractivity contribution in [1.29, 1.82) is 0 Å². The van der Waals surface area contributed by atoms with E-state index in [0.29, 0.717) is 6.42 Å². The summed E-state index contributed by atoms with van der Waals surface area (Å²) in [7, 11) is 0. The Bertz CT molecular complexity index is 419. The van der Waals surface area contributed by atoms with Crippen LogP contribution in [0.15, 0.2) is 12.3 Å². The Morgan fingerprint density at radius 2 is 1.27 bits per heavy atom. The fourth-order valence-electron chi connectivity index (χ4n) is 1.81. The van der Waals surface area contributed by atoms with E-state index in [0.717, 1.165) is 0 Å². The Kier molecular flexibility index (Phi) is 8.41. The van der Waals surface area contributed by atoms with E-state index in [9.17, 15) is 19.2 Å². The van der Waals surface area contributed by atoms with Gasteiger partial charge < -0.3 is 25.7 Å². The van der Waals surface area contributed by atoms with E-state index in [1.807, 2.05) is 0 Å². The number of carboxylic acid groups (broad SMARTS) is 4. The average Bonchev–Trinajstić information content (AvgIpc) is 2.30. The number of nitrogens with one attached hydrogen (secondary N) is 1. The molecule has 0 unspecified atom stereocenters. The van der Waals surface area contributed by atoms with Gasteiger partial charge >= 0.3 is 23.9 Å². The van der Waals surface area contributed by atoms with Crippen molar-refractivity contribution in [2.24, 2.45) is 0 Å². The van der Waals surface area contributed by atoms with Crippen molar-refractivity contribution in [1.82, 2.24) is 5.32 Å². The first-order valence-corrected chi connectivity index (χ1v) is 6.28. The van der Waals surface area contributed by atoms with Crippen molar-refractivity contribution in [3.05, 3.63) is 12.3 Å². The summed E-state index contributed by atoms with van der Waals surface area (Å²) in [5, 5.41) is 37.6. The molecule has 0 aromatic rings. The van der Waals surface area contributed by atoms with Gasteiger partial charge in [0.15, 0.2) is 19.6 Å². The lowest BCUT2D eigenvalue weighted by molar-refractivity contribution is -0.857. The first-order valence-electron chi connectivity index (χ1n) is 6.28. The predicted molar refractivity (Wildman–Crippen MR) is 72.0 cm³/mol. The van der Waals surface area contributed by atoms with Crippen LogP contribution >= 0.6 is 0 Å². The normalized spacial score (nSPS) is 11.5. The van der Waals surface area contributed by atoms with Crippen LogP contribution in [0.1, 0.15) is 6.42 Å². The lowest BCUT2D eigenvalue weighted by atomic mass is 10.3. The third-order valence-electron chi connectivity index (χ3n) is 2.54. The molecule has 0 rings (SSSR count). The van der Waals surface area contributed by atoms with Gasteiger partial charge in [0.1, 0.15) is 0 Å². The molecule has 10 heteroatoms. The predicted octanol–water partition coefficient (Wildman–Crippen LogP) is -1.36. The van der Waals surface area contributed by atoms with E-state index in [1.165, 1.54) is 12.3 Å². The molecule has 0 spiro atoms. The maximum Gasteiger partial charge on any atom is 0.359 e. The Morgan fingerprint density at radius 3 is 1.64 bits per heavy atom. The van der Waals surface area contributed by atoms with Crippen molar-refractivity contribution in [3.8, 4) is 0 Å². The molecule has 0 aliphatic rings. The van der Waals surface area contributed by atoms with E-state index in [2.05, 4.69) is 5.32 Å². The summed E-state index contributed by atoms with van der Waals surface area (Å²) in [6.07, 6.45) is 2.95. The first kappa shape index (κ1) is 19.5. The van der Waals surface area contributed by atoms with E-state index < -0.39 is 48.0 Å². The fraction of sp³-hybridized carbons (Fsp3) is 0.500. The van der Waals surface area contributed by atoms with Crippen LogP contribution in [0, 0.1) is 0 Å². The quantitative estimate of drug-likeness (QED) is 0.216. The highest BCUT2D eigenvalue weighted by atomic mass is 16.4. The molecule has 0 heterocycles. The van der Waals surface area contributed by atoms with Gasteiger partial charge in [-0.25, -0.2) is 14.4 Å². The smallest absolute Gasteiger partial charge is 0.359 e. The van der Waals surface area contributed by atoms with E-state index >= 15 is 0 Å². The lowest BCUT2D eigenvalue weighted by Gasteiger charge is -2.29. The van der Waals surface area contributed by atoms with Gasteiger partial charge in [-0.3, -0.25) is 9.28 Å². The minimum absolute atomic E-state index is 0.243. The highest BCUT2D eigenvalue weighted by molar-refractivity contribution is 5.73. The van der Waals surface area contributed by atoms with Gasteiger partial charge in [-0.1, -0.05) is 0 Å². The molecule has 0 saturated heterocycles. The Balaban J connectivity index is 4.86. The first-order chi connectivity index (χ1) is 10.2. The van der Waals surface area contributed by atoms with Crippen LogP contribution < -0.4 is 5.32 Å². The summed E-state index contributed by atoms with van der Waals surface area (Å²) in [5.41, 5.74) is 0. The minimum Gasteiger partial charge on any atom is -0.480 e. The molecular formula is C12H19N2O8+. The van der Waals surface area contributed by atoms with E-state index in [1.54, 1.807) is 0 Å². The second kappa shape index (κ2) is 9.47. The SMILES string of the molecule is O=C(O)CNCC/C=C/[N+](CC(=O)O)(CC(=O)O)CC(=O)O. The van der Waals surface area contributed by atoms with Crippen LogP contribution in [0.25, 0.3) is 0 Å². The molecule has 0 amide bonds. The van der Waals surface area contributed by atoms with Crippen molar-refractivity contribution < 1.29 is 44.1 Å². The van der Waals surface area contributed by atoms with Crippen LogP contribution in [0.2, 0.25) is 0 Å². The van der Waals surface area contributed by atoms with Gasteiger partial charge in [0.05, 0.1) is 12.7 Å². The number of quaternary nitrogens is 1. The monoisotopic (exact) mass is 319 g/mol. The molecule has 0 bridgehead atoms. The Labute approximate surface area is 125 Å². The summed E-state index contributed by atoms with van der Waals surface area (Å²) in [5.74, 6) is -5.00. The van der Waals surface area contributed by atoms with E-state index in [4.69, 9.17) is 20.4 Å². The lowest BCUT2D eigenvalue weighted by Crippen LogP contribution is -2.52. The molecular weight excluding hydrogens is 300 g/mol. The topological polar surface area (TPSA) is 161 Å². The number of carboxylic acids is 4. The molecule has 0 aromatic carbocycles. The number of nitrogens with zero attached hydrogens (tertiary/aromatic N) is 1. The molecule has 0 aromatic heterocycles. The minimum atomic E-state index is -1.32. The van der Waals surface area contributed by atoms with Gasteiger partial charge in [-0.15, -0.1) is 0 Å². The number of aliphatic carboxylic acids is 4. The molecule has 5 N–H and O–H groups in total. The average molecular weight is 319 g/mol. The fourth-order valence-corrected chi connectivity index (χ4v) is 1.81. The zero-order chi connectivity index (χ0) is 17.2. The maximum atomic E-state index is 10.9. The Morgan fingerprint density at radius 1 is 0.818 bits per heavy atom. The zero-order valence-electron chi connectivity index (χ0n) is 11.8. The van der Waals surface area contributed by atoms with Gasteiger partial charge in [0.2, 0.25) is 0 Å². The number of carbonyl (C=O) groups is 4. The second-order valence-corrected chi connectivity index (χ2v) is 4.62. The van der Waals surface area contributed by atoms with Crippen LogP contribution in [0.3, 0.4) is 0 Å². The molecule has 22 heavy (non-hydrogen) atoms. The highest BCUT2D eigenvalue weighted by Crippen LogP contribution is 2.09. The third-order valence-corrected chi connectivity index (χ3v) is 2.54. The number of rotatable bonds is 12. The van der Waals surface area contributed by atoms with Crippen LogP contribution in [0.5, 0.6) is 0 Å². The van der Waals surface area contributed by atoms with Gasteiger partial charge in [-0.05, 0) is 19.0 Å². The van der Waals surface area contributed by atoms with Crippen LogP contribution in [0.4, 0.5) is 0 Å². The second-order valence-electron chi connectivity index (χ2n) is 4.62. The van der Waals surface area contributed by atoms with Gasteiger partial charge in [0, 0.05) is 0 Å². The summed E-state index contributed by atoms with van der Waals surface area (Å²) in [4.78, 5) is 42.9. The summed E-state index contributed by atoms with van der Waals surface area (Å²) in [6.45, 7) is -2.02. The van der Waals surface area contributed by atoms with Crippen LogP contribution in [-0.2, 0) is 19.2 Å². The van der Waals surface area contributed by atoms with Gasteiger partial charge in [-0.2, -0.15) is 0 Å². The third kappa shape index (κ3) is 9.44. The number of hydrogen-bond donors (Lipinski definition) is 5. The van der Waals surface area contributed by atoms with Crippen molar-refractivity contribution in [3.63, 3.8) is 0 Å². The van der Waals surface area contributed by atoms with Gasteiger partial charge in [0.25, 0.3) is 0 Å². The molecule has 0 radical (unpaired) electrons. The molecule has 0 saturated carbocycles. The highest BCUT2D eigenvalue weighted by Gasteiger charge is 2.34. The molecule has 0 aliphatic carbocycles. The number of hydrogen-bond acceptors (Lipinski definition) is 5. The molecule has 0 aliphatic heterocycles. The standard InChI is InChI=1S/C12H18N2O8/c15-9(16)5-13-3-1-2-4-14(6-10(17)18,7-11(19)20)8-12(21)22/h2,4,13H,1,3,5-8H2,(H3-,15,16,17,18,19,20,21,22)/p+1/b4-2+. The molecule has 124 valence electrons. The Hall–Kier alpha value is -2.46. The van der Waals surface area contributed by atoms with Crippen molar-refractivity contribution in [2.45, 2.75) is 6.42 Å². The molecule has 0 atom stereocenters. The van der Waals surface area contributed by atoms with Crippen LogP contribution in [-0.4, -0.2) is 81.5 Å². The zero-order valence-corrected chi connectivity index (χ0v) is 11.8. The molecule has 10 nitrogen and oxygen atoms in total. The van der Waals surface area contributed by atoms with Crippen molar-refractivity contribution >= 4 is 23.9 Å².